The number of carbonyl (C=O) groups excluding carboxylic acids is 1. The van der Waals surface area contributed by atoms with Gasteiger partial charge in [-0.25, -0.2) is 0 Å². The van der Waals surface area contributed by atoms with Gasteiger partial charge in [-0.2, -0.15) is 0 Å². The first-order valence-electron chi connectivity index (χ1n) is 7.23. The van der Waals surface area contributed by atoms with Crippen molar-refractivity contribution in [2.75, 3.05) is 13.6 Å². The van der Waals surface area contributed by atoms with E-state index < -0.39 is 0 Å². The van der Waals surface area contributed by atoms with Crippen molar-refractivity contribution in [2.24, 2.45) is 0 Å². The Morgan fingerprint density at radius 3 is 2.45 bits per heavy atom. The summed E-state index contributed by atoms with van der Waals surface area (Å²) in [7, 11) is 1.82. The molecule has 0 saturated heterocycles. The maximum absolute atomic E-state index is 12.0. The molecule has 0 aliphatic carbocycles. The fourth-order valence-corrected chi connectivity index (χ4v) is 2.11. The van der Waals surface area contributed by atoms with Crippen LogP contribution in [0.3, 0.4) is 0 Å². The second-order valence-corrected chi connectivity index (χ2v) is 5.35. The van der Waals surface area contributed by atoms with Crippen molar-refractivity contribution in [1.82, 2.24) is 10.2 Å². The van der Waals surface area contributed by atoms with Crippen LogP contribution in [0.1, 0.15) is 32.8 Å². The number of phenolic OH excluding ortho intramolecular Hbond substituents is 1. The zero-order valence-electron chi connectivity index (χ0n) is 12.9. The summed E-state index contributed by atoms with van der Waals surface area (Å²) in [4.78, 5) is 13.7. The van der Waals surface area contributed by atoms with E-state index in [4.69, 9.17) is 0 Å². The highest BCUT2D eigenvalue weighted by Gasteiger charge is 2.17. The van der Waals surface area contributed by atoms with E-state index in [1.54, 1.807) is 17.0 Å². The molecule has 112 valence electrons. The SMILES string of the molecule is CCN(C)C(=O)C(C)NC(C)CCc1ccc(O)cc1. The minimum absolute atomic E-state index is 0.129. The van der Waals surface area contributed by atoms with Crippen molar-refractivity contribution in [3.63, 3.8) is 0 Å². The minimum Gasteiger partial charge on any atom is -0.508 e. The number of amides is 1. The summed E-state index contributed by atoms with van der Waals surface area (Å²) in [5.41, 5.74) is 1.20. The molecule has 0 bridgehead atoms. The van der Waals surface area contributed by atoms with Crippen LogP contribution in [0.25, 0.3) is 0 Å². The largest absolute Gasteiger partial charge is 0.508 e. The number of hydrogen-bond acceptors (Lipinski definition) is 3. The monoisotopic (exact) mass is 278 g/mol. The van der Waals surface area contributed by atoms with Crippen molar-refractivity contribution in [3.05, 3.63) is 29.8 Å². The zero-order valence-corrected chi connectivity index (χ0v) is 12.9. The van der Waals surface area contributed by atoms with E-state index in [-0.39, 0.29) is 18.0 Å². The molecule has 0 fully saturated rings. The molecule has 1 amide bonds. The third kappa shape index (κ3) is 5.21. The summed E-state index contributed by atoms with van der Waals surface area (Å²) in [5.74, 6) is 0.422. The smallest absolute Gasteiger partial charge is 0.239 e. The van der Waals surface area contributed by atoms with Crippen LogP contribution in [0.4, 0.5) is 0 Å². The lowest BCUT2D eigenvalue weighted by molar-refractivity contribution is -0.131. The van der Waals surface area contributed by atoms with Gasteiger partial charge in [-0.15, -0.1) is 0 Å². The first kappa shape index (κ1) is 16.5. The molecule has 0 saturated carbocycles. The highest BCUT2D eigenvalue weighted by molar-refractivity contribution is 5.81. The maximum Gasteiger partial charge on any atom is 0.239 e. The molecule has 1 aromatic rings. The van der Waals surface area contributed by atoms with Crippen LogP contribution in [-0.4, -0.2) is 41.6 Å². The van der Waals surface area contributed by atoms with Gasteiger partial charge in [-0.3, -0.25) is 4.79 Å². The minimum atomic E-state index is -0.158. The Morgan fingerprint density at radius 2 is 1.90 bits per heavy atom. The van der Waals surface area contributed by atoms with E-state index in [0.29, 0.717) is 5.75 Å². The number of aryl methyl sites for hydroxylation is 1. The van der Waals surface area contributed by atoms with Gasteiger partial charge in [0.1, 0.15) is 5.75 Å². The summed E-state index contributed by atoms with van der Waals surface area (Å²) in [6.07, 6.45) is 1.89. The fraction of sp³-hybridized carbons (Fsp3) is 0.562. The van der Waals surface area contributed by atoms with Crippen molar-refractivity contribution >= 4 is 5.91 Å². The highest BCUT2D eigenvalue weighted by atomic mass is 16.3. The molecule has 4 heteroatoms. The van der Waals surface area contributed by atoms with Gasteiger partial charge in [0.05, 0.1) is 6.04 Å². The topological polar surface area (TPSA) is 52.6 Å². The Bertz CT molecular complexity index is 417. The number of likely N-dealkylation sites (N-methyl/N-ethyl adjacent to an activating group) is 1. The Hall–Kier alpha value is -1.55. The Morgan fingerprint density at radius 1 is 1.30 bits per heavy atom. The number of aromatic hydroxyl groups is 1. The van der Waals surface area contributed by atoms with Crippen LogP contribution in [0.2, 0.25) is 0 Å². The zero-order chi connectivity index (χ0) is 15.1. The molecule has 20 heavy (non-hydrogen) atoms. The molecule has 2 unspecified atom stereocenters. The van der Waals surface area contributed by atoms with Crippen LogP contribution in [0, 0.1) is 0 Å². The first-order chi connectivity index (χ1) is 9.43. The molecule has 2 N–H and O–H groups in total. The molecule has 0 aromatic heterocycles. The van der Waals surface area contributed by atoms with Gasteiger partial charge in [-0.1, -0.05) is 12.1 Å². The number of nitrogens with one attached hydrogen (secondary N) is 1. The van der Waals surface area contributed by atoms with Gasteiger partial charge in [0.2, 0.25) is 5.91 Å². The summed E-state index contributed by atoms with van der Waals surface area (Å²) < 4.78 is 0. The van der Waals surface area contributed by atoms with E-state index in [1.165, 1.54) is 5.56 Å². The standard InChI is InChI=1S/C16H26N2O2/c1-5-18(4)16(20)13(3)17-12(2)6-7-14-8-10-15(19)11-9-14/h8-13,17,19H,5-7H2,1-4H3. The normalized spacial score (nSPS) is 13.8. The van der Waals surface area contributed by atoms with E-state index in [9.17, 15) is 9.90 Å². The number of phenols is 1. The van der Waals surface area contributed by atoms with Crippen molar-refractivity contribution < 1.29 is 9.90 Å². The molecule has 1 aromatic carbocycles. The lowest BCUT2D eigenvalue weighted by Gasteiger charge is -2.23. The molecule has 0 aliphatic rings. The lowest BCUT2D eigenvalue weighted by Crippen LogP contribution is -2.46. The quantitative estimate of drug-likeness (QED) is 0.803. The van der Waals surface area contributed by atoms with Crippen molar-refractivity contribution in [2.45, 2.75) is 45.7 Å². The predicted molar refractivity (Wildman–Crippen MR) is 81.8 cm³/mol. The molecular weight excluding hydrogens is 252 g/mol. The predicted octanol–water partition coefficient (Wildman–Crippen LogP) is 2.17. The van der Waals surface area contributed by atoms with Gasteiger partial charge in [0.25, 0.3) is 0 Å². The third-order valence-corrected chi connectivity index (χ3v) is 3.56. The van der Waals surface area contributed by atoms with Crippen LogP contribution in [0.5, 0.6) is 5.75 Å². The average molecular weight is 278 g/mol. The van der Waals surface area contributed by atoms with Crippen LogP contribution in [0.15, 0.2) is 24.3 Å². The summed E-state index contributed by atoms with van der Waals surface area (Å²) >= 11 is 0. The fourth-order valence-electron chi connectivity index (χ4n) is 2.11. The molecule has 2 atom stereocenters. The van der Waals surface area contributed by atoms with Crippen molar-refractivity contribution in [3.8, 4) is 5.75 Å². The molecule has 0 heterocycles. The van der Waals surface area contributed by atoms with Gasteiger partial charge < -0.3 is 15.3 Å². The molecular formula is C16H26N2O2. The number of nitrogens with zero attached hydrogens (tertiary/aromatic N) is 1. The van der Waals surface area contributed by atoms with Crippen molar-refractivity contribution in [1.29, 1.82) is 0 Å². The van der Waals surface area contributed by atoms with E-state index in [1.807, 2.05) is 33.0 Å². The second kappa shape index (κ2) is 7.90. The van der Waals surface area contributed by atoms with Gasteiger partial charge in [-0.05, 0) is 51.3 Å². The van der Waals surface area contributed by atoms with Crippen LogP contribution in [-0.2, 0) is 11.2 Å². The summed E-state index contributed by atoms with van der Waals surface area (Å²) in [5, 5.41) is 12.6. The van der Waals surface area contributed by atoms with E-state index in [2.05, 4.69) is 12.2 Å². The van der Waals surface area contributed by atoms with E-state index >= 15 is 0 Å². The lowest BCUT2D eigenvalue weighted by atomic mass is 10.1. The molecule has 1 rings (SSSR count). The van der Waals surface area contributed by atoms with Crippen LogP contribution >= 0.6 is 0 Å². The van der Waals surface area contributed by atoms with Gasteiger partial charge >= 0.3 is 0 Å². The van der Waals surface area contributed by atoms with Gasteiger partial charge in [0, 0.05) is 19.6 Å². The molecule has 4 nitrogen and oxygen atoms in total. The Kier molecular flexibility index (Phi) is 6.52. The Balaban J connectivity index is 2.38. The number of rotatable bonds is 7. The third-order valence-electron chi connectivity index (χ3n) is 3.56. The number of carbonyl (C=O) groups is 1. The second-order valence-electron chi connectivity index (χ2n) is 5.35. The number of hydrogen-bond donors (Lipinski definition) is 2. The summed E-state index contributed by atoms with van der Waals surface area (Å²) in [6, 6.07) is 7.39. The first-order valence-corrected chi connectivity index (χ1v) is 7.23. The van der Waals surface area contributed by atoms with Gasteiger partial charge in [0.15, 0.2) is 0 Å². The maximum atomic E-state index is 12.0. The Labute approximate surface area is 121 Å². The highest BCUT2D eigenvalue weighted by Crippen LogP contribution is 2.12. The molecule has 0 radical (unpaired) electrons. The number of benzene rings is 1. The molecule has 0 spiro atoms. The molecule has 0 aliphatic heterocycles. The van der Waals surface area contributed by atoms with Crippen LogP contribution < -0.4 is 5.32 Å². The average Bonchev–Trinajstić information content (AvgIpc) is 2.44. The van der Waals surface area contributed by atoms with E-state index in [0.717, 1.165) is 19.4 Å². The summed E-state index contributed by atoms with van der Waals surface area (Å²) in [6.45, 7) is 6.70.